The van der Waals surface area contributed by atoms with Gasteiger partial charge in [-0.3, -0.25) is 9.59 Å². The number of rotatable bonds is 4. The van der Waals surface area contributed by atoms with Gasteiger partial charge in [0.25, 0.3) is 15.8 Å². The van der Waals surface area contributed by atoms with Gasteiger partial charge in [-0.25, -0.2) is 4.98 Å². The van der Waals surface area contributed by atoms with E-state index in [0.717, 1.165) is 19.3 Å². The van der Waals surface area contributed by atoms with E-state index >= 15 is 0 Å². The number of carbonyl (C=O) groups excluding carboxylic acids is 1. The minimum absolute atomic E-state index is 0.0765. The zero-order chi connectivity index (χ0) is 20.2. The fourth-order valence-electron chi connectivity index (χ4n) is 4.21. The maximum absolute atomic E-state index is 12.7. The molecule has 1 saturated heterocycles. The molecule has 1 amide bonds. The van der Waals surface area contributed by atoms with Gasteiger partial charge < -0.3 is 9.88 Å². The van der Waals surface area contributed by atoms with Gasteiger partial charge in [0.1, 0.15) is 5.82 Å². The highest BCUT2D eigenvalue weighted by molar-refractivity contribution is 7.86. The molecule has 2 aliphatic heterocycles. The maximum Gasteiger partial charge on any atom is 0.281 e. The van der Waals surface area contributed by atoms with E-state index < -0.39 is 10.2 Å². The minimum atomic E-state index is -3.57. The number of fused-ring (bicyclic) bond motifs is 1. The first-order valence-electron chi connectivity index (χ1n) is 9.80. The fourth-order valence-corrected chi connectivity index (χ4v) is 5.28. The van der Waals surface area contributed by atoms with Crippen molar-refractivity contribution in [3.8, 4) is 0 Å². The molecule has 10 heteroatoms. The fraction of sp³-hybridized carbons (Fsp3) is 0.722. The van der Waals surface area contributed by atoms with Crippen LogP contribution in [0.2, 0.25) is 0 Å². The Balaban J connectivity index is 1.63. The molecule has 0 unspecified atom stereocenters. The summed E-state index contributed by atoms with van der Waals surface area (Å²) in [5.41, 5.74) is 0.816. The van der Waals surface area contributed by atoms with E-state index in [2.05, 4.69) is 16.9 Å². The molecule has 0 radical (unpaired) electrons. The predicted octanol–water partition coefficient (Wildman–Crippen LogP) is 0.254. The second-order valence-electron chi connectivity index (χ2n) is 8.26. The molecular weight excluding hydrogens is 382 g/mol. The van der Waals surface area contributed by atoms with Crippen molar-refractivity contribution in [2.45, 2.75) is 45.2 Å². The zero-order valence-corrected chi connectivity index (χ0v) is 17.3. The van der Waals surface area contributed by atoms with Crippen molar-refractivity contribution >= 4 is 16.1 Å². The SMILES string of the molecule is C[C@@H]1C[C@H]1C(=O)N1CCC[C@H]1c1nc2c(c(=O)[nH]1)CCN(S(=O)(=O)N(C)C)C2. The van der Waals surface area contributed by atoms with Gasteiger partial charge in [0.2, 0.25) is 5.91 Å². The summed E-state index contributed by atoms with van der Waals surface area (Å²) in [6.45, 7) is 3.08. The molecule has 154 valence electrons. The van der Waals surface area contributed by atoms with E-state index in [-0.39, 0.29) is 36.5 Å². The molecular formula is C18H27N5O4S. The molecule has 0 aromatic carbocycles. The maximum atomic E-state index is 12.7. The normalized spacial score (nSPS) is 27.9. The smallest absolute Gasteiger partial charge is 0.281 e. The van der Waals surface area contributed by atoms with Gasteiger partial charge >= 0.3 is 0 Å². The lowest BCUT2D eigenvalue weighted by Gasteiger charge is -2.30. The highest BCUT2D eigenvalue weighted by atomic mass is 32.2. The Labute approximate surface area is 164 Å². The molecule has 0 spiro atoms. The summed E-state index contributed by atoms with van der Waals surface area (Å²) in [7, 11) is -0.594. The highest BCUT2D eigenvalue weighted by Crippen LogP contribution is 2.42. The Bertz CT molecular complexity index is 957. The number of amides is 1. The van der Waals surface area contributed by atoms with Gasteiger partial charge in [0, 0.05) is 38.7 Å². The van der Waals surface area contributed by atoms with E-state index in [1.165, 1.54) is 22.7 Å². The van der Waals surface area contributed by atoms with Gasteiger partial charge in [-0.2, -0.15) is 17.0 Å². The molecule has 1 aromatic rings. The predicted molar refractivity (Wildman–Crippen MR) is 103 cm³/mol. The summed E-state index contributed by atoms with van der Waals surface area (Å²) >= 11 is 0. The van der Waals surface area contributed by atoms with Gasteiger partial charge in [0.05, 0.1) is 18.3 Å². The van der Waals surface area contributed by atoms with E-state index in [0.29, 0.717) is 36.0 Å². The summed E-state index contributed by atoms with van der Waals surface area (Å²) < 4.78 is 27.4. The third-order valence-corrected chi connectivity index (χ3v) is 8.01. The van der Waals surface area contributed by atoms with Crippen LogP contribution >= 0.6 is 0 Å². The number of carbonyl (C=O) groups is 1. The van der Waals surface area contributed by atoms with Gasteiger partial charge in [0.15, 0.2) is 0 Å². The van der Waals surface area contributed by atoms with Gasteiger partial charge in [-0.05, 0) is 31.6 Å². The van der Waals surface area contributed by atoms with E-state index in [1.807, 2.05) is 4.90 Å². The standard InChI is InChI=1S/C18H27N5O4S/c1-11-9-13(11)18(25)23-7-4-5-15(23)16-19-14-10-22(28(26,27)21(2)3)8-6-12(14)17(24)20-16/h11,13,15H,4-10H2,1-3H3,(H,19,20,24)/t11-,13-,15+/m1/s1. The van der Waals surface area contributed by atoms with Crippen LogP contribution in [0, 0.1) is 11.8 Å². The summed E-state index contributed by atoms with van der Waals surface area (Å²) in [6.07, 6.45) is 2.89. The highest BCUT2D eigenvalue weighted by Gasteiger charge is 2.45. The Morgan fingerprint density at radius 1 is 1.29 bits per heavy atom. The lowest BCUT2D eigenvalue weighted by molar-refractivity contribution is -0.134. The first-order chi connectivity index (χ1) is 13.2. The number of aromatic amines is 1. The molecule has 2 fully saturated rings. The minimum Gasteiger partial charge on any atom is -0.332 e. The summed E-state index contributed by atoms with van der Waals surface area (Å²) in [6, 6.07) is -0.237. The molecule has 3 atom stereocenters. The molecule has 28 heavy (non-hydrogen) atoms. The molecule has 1 saturated carbocycles. The van der Waals surface area contributed by atoms with Gasteiger partial charge in [-0.15, -0.1) is 0 Å². The van der Waals surface area contributed by atoms with Crippen LogP contribution in [-0.4, -0.2) is 65.0 Å². The topological polar surface area (TPSA) is 107 Å². The van der Waals surface area contributed by atoms with Crippen molar-refractivity contribution in [2.24, 2.45) is 11.8 Å². The number of hydrogen-bond donors (Lipinski definition) is 1. The quantitative estimate of drug-likeness (QED) is 0.767. The van der Waals surface area contributed by atoms with E-state index in [1.54, 1.807) is 0 Å². The van der Waals surface area contributed by atoms with Crippen LogP contribution in [0.3, 0.4) is 0 Å². The van der Waals surface area contributed by atoms with Gasteiger partial charge in [-0.1, -0.05) is 6.92 Å². The Morgan fingerprint density at radius 2 is 2.00 bits per heavy atom. The molecule has 3 heterocycles. The molecule has 0 bridgehead atoms. The Kier molecular flexibility index (Phi) is 4.83. The van der Waals surface area contributed by atoms with Crippen molar-refractivity contribution < 1.29 is 13.2 Å². The van der Waals surface area contributed by atoms with Crippen molar-refractivity contribution in [2.75, 3.05) is 27.2 Å². The number of nitrogens with zero attached hydrogens (tertiary/aromatic N) is 4. The second-order valence-corrected chi connectivity index (χ2v) is 10.4. The van der Waals surface area contributed by atoms with Crippen LogP contribution in [-0.2, 0) is 28.0 Å². The van der Waals surface area contributed by atoms with Crippen LogP contribution in [0.1, 0.15) is 49.3 Å². The molecule has 1 N–H and O–H groups in total. The molecule has 1 aliphatic carbocycles. The number of likely N-dealkylation sites (tertiary alicyclic amines) is 1. The second kappa shape index (κ2) is 6.93. The first-order valence-corrected chi connectivity index (χ1v) is 11.2. The summed E-state index contributed by atoms with van der Waals surface area (Å²) in [5.74, 6) is 1.14. The van der Waals surface area contributed by atoms with Crippen molar-refractivity contribution in [1.29, 1.82) is 0 Å². The molecule has 1 aromatic heterocycles. The van der Waals surface area contributed by atoms with Crippen molar-refractivity contribution in [1.82, 2.24) is 23.5 Å². The van der Waals surface area contributed by atoms with E-state index in [9.17, 15) is 18.0 Å². The number of hydrogen-bond acceptors (Lipinski definition) is 5. The van der Waals surface area contributed by atoms with E-state index in [4.69, 9.17) is 0 Å². The van der Waals surface area contributed by atoms with Crippen LogP contribution in [0.4, 0.5) is 0 Å². The average Bonchev–Trinajstić information content (AvgIpc) is 3.18. The summed E-state index contributed by atoms with van der Waals surface area (Å²) in [4.78, 5) is 34.7. The molecule has 9 nitrogen and oxygen atoms in total. The number of nitrogens with one attached hydrogen (secondary N) is 1. The lowest BCUT2D eigenvalue weighted by atomic mass is 10.1. The lowest BCUT2D eigenvalue weighted by Crippen LogP contribution is -2.44. The Hall–Kier alpha value is -1.78. The zero-order valence-electron chi connectivity index (χ0n) is 16.5. The molecule has 4 rings (SSSR count). The average molecular weight is 410 g/mol. The van der Waals surface area contributed by atoms with Crippen molar-refractivity contribution in [3.05, 3.63) is 27.4 Å². The molecule has 3 aliphatic rings. The van der Waals surface area contributed by atoms with Crippen LogP contribution in [0.5, 0.6) is 0 Å². The van der Waals surface area contributed by atoms with Crippen LogP contribution in [0.15, 0.2) is 4.79 Å². The monoisotopic (exact) mass is 409 g/mol. The number of H-pyrrole nitrogens is 1. The third kappa shape index (κ3) is 3.27. The first kappa shape index (κ1) is 19.5. The van der Waals surface area contributed by atoms with Crippen molar-refractivity contribution in [3.63, 3.8) is 0 Å². The largest absolute Gasteiger partial charge is 0.332 e. The Morgan fingerprint density at radius 3 is 2.64 bits per heavy atom. The summed E-state index contributed by atoms with van der Waals surface area (Å²) in [5, 5.41) is 0. The van der Waals surface area contributed by atoms with Crippen LogP contribution in [0.25, 0.3) is 0 Å². The van der Waals surface area contributed by atoms with Crippen LogP contribution < -0.4 is 5.56 Å². The number of aromatic nitrogens is 2. The third-order valence-electron chi connectivity index (χ3n) is 6.12.